The highest BCUT2D eigenvalue weighted by molar-refractivity contribution is 7.99. The molecule has 4 aliphatic rings. The molecule has 2 aliphatic carbocycles. The SMILES string of the molecule is COc1cc2c(cc1OCCP(=O)(CCOc1cc3c(cc1OC)C(=O)C1C[C@@H](F)C[C@H]1C=N3)N(C)CCCN(C)C(=O)CCCSc1ccccn1)N=C[C@@H]1C[C@H](F)CC1C2=O. The zero-order valence-electron chi connectivity index (χ0n) is 36.3. The van der Waals surface area contributed by atoms with E-state index in [2.05, 4.69) is 15.0 Å². The van der Waals surface area contributed by atoms with E-state index in [1.807, 2.05) is 22.9 Å². The molecule has 1 aromatic heterocycles. The lowest BCUT2D eigenvalue weighted by Crippen LogP contribution is -2.31. The van der Waals surface area contributed by atoms with Crippen molar-refractivity contribution in [3.8, 4) is 23.0 Å². The van der Waals surface area contributed by atoms with Crippen LogP contribution in [0.5, 0.6) is 23.0 Å². The van der Waals surface area contributed by atoms with E-state index in [1.165, 1.54) is 14.2 Å². The largest absolute Gasteiger partial charge is 0.493 e. The van der Waals surface area contributed by atoms with Gasteiger partial charge >= 0.3 is 0 Å². The van der Waals surface area contributed by atoms with Crippen LogP contribution in [0.15, 0.2) is 63.7 Å². The number of fused-ring (bicyclic) bond motifs is 4. The minimum Gasteiger partial charge on any atom is -0.493 e. The van der Waals surface area contributed by atoms with Crippen molar-refractivity contribution in [1.29, 1.82) is 0 Å². The number of aliphatic imine (C=N–C) groups is 2. The van der Waals surface area contributed by atoms with Crippen LogP contribution in [0.3, 0.4) is 0 Å². The van der Waals surface area contributed by atoms with Crippen LogP contribution in [0.2, 0.25) is 0 Å². The molecule has 7 rings (SSSR count). The number of alkyl halides is 2. The molecule has 6 atom stereocenters. The molecule has 63 heavy (non-hydrogen) atoms. The highest BCUT2D eigenvalue weighted by Crippen LogP contribution is 2.50. The van der Waals surface area contributed by atoms with Gasteiger partial charge in [0.15, 0.2) is 41.9 Å². The zero-order chi connectivity index (χ0) is 44.7. The van der Waals surface area contributed by atoms with Crippen LogP contribution >= 0.6 is 19.1 Å². The second kappa shape index (κ2) is 20.9. The van der Waals surface area contributed by atoms with Crippen LogP contribution in [-0.4, -0.2) is 129 Å². The van der Waals surface area contributed by atoms with Crippen LogP contribution in [0.1, 0.15) is 65.7 Å². The van der Waals surface area contributed by atoms with Crippen molar-refractivity contribution >= 4 is 60.3 Å². The average molecular weight is 908 g/mol. The van der Waals surface area contributed by atoms with E-state index in [1.54, 1.807) is 73.6 Å². The normalized spacial score (nSPS) is 23.2. The van der Waals surface area contributed by atoms with E-state index in [-0.39, 0.29) is 80.5 Å². The first kappa shape index (κ1) is 46.3. The van der Waals surface area contributed by atoms with Crippen molar-refractivity contribution in [2.45, 2.75) is 62.3 Å². The van der Waals surface area contributed by atoms with Crippen molar-refractivity contribution in [1.82, 2.24) is 14.6 Å². The molecule has 0 saturated heterocycles. The van der Waals surface area contributed by atoms with E-state index < -0.39 is 31.5 Å². The summed E-state index contributed by atoms with van der Waals surface area (Å²) in [5, 5.41) is 0.924. The topological polar surface area (TPSA) is 149 Å². The Labute approximate surface area is 371 Å². The molecule has 3 aromatic rings. The standard InChI is InChI=1S/C46H56F2N5O8PS/c1-52(44(54)10-7-18-63-43-9-5-6-11-49-43)12-8-13-53(2)62(57,16-14-60-41-25-37-35(23-39(41)58-3)45(55)33-21-31(47)19-29(33)27-50-37)17-15-61-42-26-38-36(24-40(42)59-4)46(56)34-22-32(48)20-30(34)28-51-38/h5-6,9,11,23-34H,7-8,10,12-22H2,1-4H3/t29-,30-,31-,32-,33?,34?,62?/m0/s1. The fourth-order valence-electron chi connectivity index (χ4n) is 8.86. The number of methoxy groups -OCH3 is 2. The Morgan fingerprint density at radius 1 is 0.778 bits per heavy atom. The van der Waals surface area contributed by atoms with E-state index in [9.17, 15) is 23.2 Å². The van der Waals surface area contributed by atoms with E-state index in [0.717, 1.165) is 17.2 Å². The molecule has 2 aromatic carbocycles. The number of amides is 1. The Balaban J connectivity index is 1.01. The number of carbonyl (C=O) groups excluding carboxylic acids is 3. The lowest BCUT2D eigenvalue weighted by atomic mass is 9.89. The number of ketones is 2. The number of hydrogen-bond acceptors (Lipinski definition) is 12. The Hall–Kier alpha value is -4.66. The van der Waals surface area contributed by atoms with Gasteiger partial charge in [0.05, 0.1) is 43.8 Å². The molecule has 13 nitrogen and oxygen atoms in total. The Morgan fingerprint density at radius 2 is 1.33 bits per heavy atom. The van der Waals surface area contributed by atoms with Crippen LogP contribution in [0.4, 0.5) is 20.2 Å². The highest BCUT2D eigenvalue weighted by atomic mass is 32.2. The number of thioether (sulfide) groups is 1. The number of halogens is 2. The molecule has 1 amide bonds. The monoisotopic (exact) mass is 907 g/mol. The molecular weight excluding hydrogens is 852 g/mol. The van der Waals surface area contributed by atoms with Gasteiger partial charge < -0.3 is 28.4 Å². The molecule has 2 unspecified atom stereocenters. The van der Waals surface area contributed by atoms with Gasteiger partial charge in [0.1, 0.15) is 12.3 Å². The number of nitrogens with zero attached hydrogens (tertiary/aromatic N) is 5. The third-order valence-electron chi connectivity index (χ3n) is 12.5. The first-order valence-electron chi connectivity index (χ1n) is 21.6. The summed E-state index contributed by atoms with van der Waals surface area (Å²) in [6.07, 6.45) is 5.78. The van der Waals surface area contributed by atoms with Crippen molar-refractivity contribution in [3.63, 3.8) is 0 Å². The maximum absolute atomic E-state index is 15.0. The number of rotatable bonds is 20. The van der Waals surface area contributed by atoms with Gasteiger partial charge in [0.2, 0.25) is 5.91 Å². The van der Waals surface area contributed by atoms with E-state index in [4.69, 9.17) is 18.9 Å². The molecule has 17 heteroatoms. The van der Waals surface area contributed by atoms with Crippen molar-refractivity contribution in [3.05, 3.63) is 59.8 Å². The Kier molecular flexibility index (Phi) is 15.4. The number of hydrogen-bond donors (Lipinski definition) is 0. The molecule has 0 radical (unpaired) electrons. The number of benzene rings is 2. The first-order valence-corrected chi connectivity index (χ1v) is 24.6. The maximum atomic E-state index is 15.0. The van der Waals surface area contributed by atoms with Gasteiger partial charge in [-0.3, -0.25) is 29.0 Å². The summed E-state index contributed by atoms with van der Waals surface area (Å²) in [5.74, 6) is 0.261. The summed E-state index contributed by atoms with van der Waals surface area (Å²) in [6.45, 7) is 0.951. The molecule has 2 fully saturated rings. The number of carbonyl (C=O) groups is 3. The van der Waals surface area contributed by atoms with Crippen molar-refractivity contribution in [2.75, 3.05) is 72.7 Å². The molecule has 338 valence electrons. The molecule has 0 N–H and O–H groups in total. The molecule has 3 heterocycles. The minimum absolute atomic E-state index is 0.0270. The maximum Gasteiger partial charge on any atom is 0.222 e. The fourth-order valence-corrected chi connectivity index (χ4v) is 11.8. The zero-order valence-corrected chi connectivity index (χ0v) is 38.0. The van der Waals surface area contributed by atoms with Gasteiger partial charge in [-0.25, -0.2) is 13.8 Å². The second-order valence-electron chi connectivity index (χ2n) is 16.7. The van der Waals surface area contributed by atoms with Crippen molar-refractivity contribution in [2.24, 2.45) is 33.7 Å². The smallest absolute Gasteiger partial charge is 0.222 e. The Bertz CT molecular complexity index is 2140. The van der Waals surface area contributed by atoms with Crippen molar-refractivity contribution < 1.29 is 46.7 Å². The molecule has 2 aliphatic heterocycles. The van der Waals surface area contributed by atoms with Crippen LogP contribution < -0.4 is 18.9 Å². The fraction of sp³-hybridized carbons (Fsp3) is 0.522. The predicted molar refractivity (Wildman–Crippen MR) is 241 cm³/mol. The molecule has 0 spiro atoms. The second-order valence-corrected chi connectivity index (χ2v) is 21.0. The number of Topliss-reactive ketones (excluding diaryl/α,β-unsaturated/α-hetero) is 2. The summed E-state index contributed by atoms with van der Waals surface area (Å²) < 4.78 is 69.1. The quantitative estimate of drug-likeness (QED) is 0.0609. The summed E-state index contributed by atoms with van der Waals surface area (Å²) >= 11 is 1.62. The third-order valence-corrected chi connectivity index (χ3v) is 16.8. The van der Waals surface area contributed by atoms with E-state index in [0.29, 0.717) is 71.4 Å². The predicted octanol–water partition coefficient (Wildman–Crippen LogP) is 8.71. The van der Waals surface area contributed by atoms with Gasteiger partial charge in [-0.2, -0.15) is 0 Å². The van der Waals surface area contributed by atoms with Gasteiger partial charge in [0.25, 0.3) is 0 Å². The third kappa shape index (κ3) is 11.0. The average Bonchev–Trinajstić information content (AvgIpc) is 3.79. The first-order chi connectivity index (χ1) is 30.4. The number of pyridine rings is 1. The summed E-state index contributed by atoms with van der Waals surface area (Å²) in [6, 6.07) is 12.2. The number of ether oxygens (including phenoxy) is 4. The summed E-state index contributed by atoms with van der Waals surface area (Å²) in [5.41, 5.74) is 1.53. The van der Waals surface area contributed by atoms with Gasteiger partial charge in [-0.1, -0.05) is 6.07 Å². The van der Waals surface area contributed by atoms with Gasteiger partial charge in [0, 0.05) is 104 Å². The van der Waals surface area contributed by atoms with Crippen LogP contribution in [-0.2, 0) is 9.36 Å². The molecular formula is C46H56F2N5O8PS. The van der Waals surface area contributed by atoms with Crippen LogP contribution in [0, 0.1) is 23.7 Å². The molecule has 2 saturated carbocycles. The molecule has 0 bridgehead atoms. The van der Waals surface area contributed by atoms with E-state index >= 15 is 4.57 Å². The van der Waals surface area contributed by atoms with Gasteiger partial charge in [-0.05, 0) is 75.6 Å². The lowest BCUT2D eigenvalue weighted by molar-refractivity contribution is -0.129. The summed E-state index contributed by atoms with van der Waals surface area (Å²) in [4.78, 5) is 55.0. The van der Waals surface area contributed by atoms with Gasteiger partial charge in [-0.15, -0.1) is 11.8 Å². The van der Waals surface area contributed by atoms with Crippen LogP contribution in [0.25, 0.3) is 0 Å². The minimum atomic E-state index is -3.23. The Morgan fingerprint density at radius 3 is 1.84 bits per heavy atom. The number of aromatic nitrogens is 1. The lowest BCUT2D eigenvalue weighted by Gasteiger charge is -2.29. The summed E-state index contributed by atoms with van der Waals surface area (Å²) in [7, 11) is 3.28. The highest BCUT2D eigenvalue weighted by Gasteiger charge is 2.42.